The average Bonchev–Trinajstić information content (AvgIpc) is 2.96. The number of aromatic nitrogens is 1. The summed E-state index contributed by atoms with van der Waals surface area (Å²) >= 11 is 2.99. The van der Waals surface area contributed by atoms with Gasteiger partial charge in [0.05, 0.1) is 22.7 Å². The zero-order valence-electron chi connectivity index (χ0n) is 11.1. The van der Waals surface area contributed by atoms with Gasteiger partial charge in [-0.3, -0.25) is 4.79 Å². The maximum atomic E-state index is 12.2. The topological polar surface area (TPSA) is 62.2 Å². The molecule has 0 radical (unpaired) electrons. The molecule has 0 aliphatic heterocycles. The van der Waals surface area contributed by atoms with Crippen LogP contribution in [0.25, 0.3) is 9.88 Å². The van der Waals surface area contributed by atoms with Gasteiger partial charge in [0.15, 0.2) is 0 Å². The molecule has 0 aliphatic rings. The summed E-state index contributed by atoms with van der Waals surface area (Å²) in [5.41, 5.74) is 0.0935. The van der Waals surface area contributed by atoms with Crippen molar-refractivity contribution in [2.75, 3.05) is 6.61 Å². The Labute approximate surface area is 120 Å². The van der Waals surface area contributed by atoms with Gasteiger partial charge in [0.1, 0.15) is 9.88 Å². The van der Waals surface area contributed by atoms with Crippen molar-refractivity contribution in [3.8, 4) is 9.88 Å². The number of thiazole rings is 1. The number of amides is 1. The van der Waals surface area contributed by atoms with Crippen molar-refractivity contribution in [3.63, 3.8) is 0 Å². The van der Waals surface area contributed by atoms with Gasteiger partial charge in [-0.15, -0.1) is 22.7 Å². The molecular formula is C13H16N2O2S2. The summed E-state index contributed by atoms with van der Waals surface area (Å²) in [5, 5.41) is 14.8. The quantitative estimate of drug-likeness (QED) is 0.912. The van der Waals surface area contributed by atoms with Crippen molar-refractivity contribution in [2.45, 2.75) is 26.3 Å². The van der Waals surface area contributed by atoms with E-state index in [2.05, 4.69) is 10.3 Å². The molecular weight excluding hydrogens is 280 g/mol. The largest absolute Gasteiger partial charge is 0.394 e. The molecule has 6 heteroatoms. The lowest BCUT2D eigenvalue weighted by Crippen LogP contribution is -2.46. The molecule has 2 rings (SSSR count). The van der Waals surface area contributed by atoms with E-state index in [9.17, 15) is 9.90 Å². The normalized spacial score (nSPS) is 11.6. The van der Waals surface area contributed by atoms with Crippen molar-refractivity contribution < 1.29 is 9.90 Å². The number of aryl methyl sites for hydroxylation is 1. The third kappa shape index (κ3) is 3.20. The molecule has 0 unspecified atom stereocenters. The molecule has 2 aromatic heterocycles. The van der Waals surface area contributed by atoms with Crippen LogP contribution >= 0.6 is 22.7 Å². The van der Waals surface area contributed by atoms with Crippen LogP contribution in [0.2, 0.25) is 0 Å². The van der Waals surface area contributed by atoms with Gasteiger partial charge in [-0.2, -0.15) is 0 Å². The number of thiophene rings is 1. The highest BCUT2D eigenvalue weighted by Gasteiger charge is 2.23. The van der Waals surface area contributed by atoms with Gasteiger partial charge in [-0.1, -0.05) is 6.07 Å². The second-order valence-electron chi connectivity index (χ2n) is 4.91. The van der Waals surface area contributed by atoms with Crippen LogP contribution in [0.1, 0.15) is 29.2 Å². The maximum Gasteiger partial charge on any atom is 0.263 e. The van der Waals surface area contributed by atoms with E-state index in [0.717, 1.165) is 15.6 Å². The summed E-state index contributed by atoms with van der Waals surface area (Å²) in [6.45, 7) is 5.28. The smallest absolute Gasteiger partial charge is 0.263 e. The van der Waals surface area contributed by atoms with Crippen molar-refractivity contribution >= 4 is 28.6 Å². The number of carbonyl (C=O) groups is 1. The monoisotopic (exact) mass is 296 g/mol. The Morgan fingerprint density at radius 2 is 2.26 bits per heavy atom. The third-order valence-corrected chi connectivity index (χ3v) is 4.78. The summed E-state index contributed by atoms with van der Waals surface area (Å²) in [5.74, 6) is -0.183. The van der Waals surface area contributed by atoms with Gasteiger partial charge >= 0.3 is 0 Å². The van der Waals surface area contributed by atoms with Crippen LogP contribution in [0, 0.1) is 6.92 Å². The van der Waals surface area contributed by atoms with Crippen LogP contribution in [0.5, 0.6) is 0 Å². The number of aliphatic hydroxyl groups excluding tert-OH is 1. The SMILES string of the molecule is Cc1nc(-c2cccs2)sc1C(=O)NC(C)(C)CO. The molecule has 2 N–H and O–H groups in total. The highest BCUT2D eigenvalue weighted by atomic mass is 32.1. The number of nitrogens with zero attached hydrogens (tertiary/aromatic N) is 1. The molecule has 0 bridgehead atoms. The van der Waals surface area contributed by atoms with Gasteiger partial charge in [-0.05, 0) is 32.2 Å². The lowest BCUT2D eigenvalue weighted by molar-refractivity contribution is 0.0872. The van der Waals surface area contributed by atoms with Crippen LogP contribution in [0.3, 0.4) is 0 Å². The van der Waals surface area contributed by atoms with Crippen LogP contribution in [0.15, 0.2) is 17.5 Å². The Bertz CT molecular complexity index is 573. The predicted octanol–water partition coefficient (Wildman–Crippen LogP) is 2.68. The average molecular weight is 296 g/mol. The molecule has 0 aromatic carbocycles. The van der Waals surface area contributed by atoms with Crippen LogP contribution in [0.4, 0.5) is 0 Å². The number of aliphatic hydroxyl groups is 1. The van der Waals surface area contributed by atoms with Crippen molar-refractivity contribution in [3.05, 3.63) is 28.1 Å². The van der Waals surface area contributed by atoms with Gasteiger partial charge in [0.2, 0.25) is 0 Å². The second-order valence-corrected chi connectivity index (χ2v) is 6.85. The highest BCUT2D eigenvalue weighted by Crippen LogP contribution is 2.31. The summed E-state index contributed by atoms with van der Waals surface area (Å²) < 4.78 is 0. The molecule has 0 saturated carbocycles. The molecule has 0 atom stereocenters. The Morgan fingerprint density at radius 1 is 1.53 bits per heavy atom. The van der Waals surface area contributed by atoms with Crippen molar-refractivity contribution in [1.29, 1.82) is 0 Å². The predicted molar refractivity (Wildman–Crippen MR) is 78.8 cm³/mol. The Kier molecular flexibility index (Phi) is 4.03. The molecule has 2 aromatic rings. The third-order valence-electron chi connectivity index (χ3n) is 2.58. The number of nitrogens with one attached hydrogen (secondary N) is 1. The summed E-state index contributed by atoms with van der Waals surface area (Å²) in [7, 11) is 0. The number of carbonyl (C=O) groups excluding carboxylic acids is 1. The minimum absolute atomic E-state index is 0.103. The molecule has 0 aliphatic carbocycles. The van der Waals surface area contributed by atoms with E-state index < -0.39 is 5.54 Å². The molecule has 0 saturated heterocycles. The van der Waals surface area contributed by atoms with Crippen molar-refractivity contribution in [1.82, 2.24) is 10.3 Å². The fraction of sp³-hybridized carbons (Fsp3) is 0.385. The molecule has 0 spiro atoms. The minimum atomic E-state index is -0.628. The van der Waals surface area contributed by atoms with E-state index in [1.807, 2.05) is 24.4 Å². The Balaban J connectivity index is 2.24. The summed E-state index contributed by atoms with van der Waals surface area (Å²) in [6, 6.07) is 3.95. The van der Waals surface area contributed by atoms with Crippen LogP contribution < -0.4 is 5.32 Å². The Morgan fingerprint density at radius 3 is 2.84 bits per heavy atom. The summed E-state index contributed by atoms with van der Waals surface area (Å²) in [4.78, 5) is 18.3. The van der Waals surface area contributed by atoms with E-state index in [1.165, 1.54) is 11.3 Å². The van der Waals surface area contributed by atoms with Gasteiger partial charge in [0, 0.05) is 0 Å². The van der Waals surface area contributed by atoms with E-state index in [1.54, 1.807) is 25.2 Å². The van der Waals surface area contributed by atoms with Gasteiger partial charge in [0.25, 0.3) is 5.91 Å². The zero-order valence-corrected chi connectivity index (χ0v) is 12.7. The minimum Gasteiger partial charge on any atom is -0.394 e. The first-order valence-electron chi connectivity index (χ1n) is 5.87. The number of hydrogen-bond acceptors (Lipinski definition) is 5. The zero-order chi connectivity index (χ0) is 14.0. The van der Waals surface area contributed by atoms with Crippen LogP contribution in [-0.4, -0.2) is 28.1 Å². The molecule has 19 heavy (non-hydrogen) atoms. The first kappa shape index (κ1) is 14.2. The molecule has 0 fully saturated rings. The van der Waals surface area contributed by atoms with E-state index in [4.69, 9.17) is 0 Å². The first-order chi connectivity index (χ1) is 8.93. The number of hydrogen-bond donors (Lipinski definition) is 2. The standard InChI is InChI=1S/C13H16N2O2S2/c1-8-10(11(17)15-13(2,3)7-16)19-12(14-8)9-5-4-6-18-9/h4-6,16H,7H2,1-3H3,(H,15,17). The molecule has 4 nitrogen and oxygen atoms in total. The second kappa shape index (κ2) is 5.40. The number of rotatable bonds is 4. The molecule has 1 amide bonds. The van der Waals surface area contributed by atoms with Crippen molar-refractivity contribution in [2.24, 2.45) is 0 Å². The van der Waals surface area contributed by atoms with E-state index in [-0.39, 0.29) is 12.5 Å². The van der Waals surface area contributed by atoms with Gasteiger partial charge < -0.3 is 10.4 Å². The summed E-state index contributed by atoms with van der Waals surface area (Å²) in [6.07, 6.45) is 0. The maximum absolute atomic E-state index is 12.2. The fourth-order valence-electron chi connectivity index (χ4n) is 1.52. The van der Waals surface area contributed by atoms with Gasteiger partial charge in [-0.25, -0.2) is 4.98 Å². The lowest BCUT2D eigenvalue weighted by atomic mass is 10.1. The fourth-order valence-corrected chi connectivity index (χ4v) is 3.27. The molecule has 102 valence electrons. The highest BCUT2D eigenvalue weighted by molar-refractivity contribution is 7.22. The Hall–Kier alpha value is -1.24. The van der Waals surface area contributed by atoms with Crippen LogP contribution in [-0.2, 0) is 0 Å². The van der Waals surface area contributed by atoms with E-state index in [0.29, 0.717) is 4.88 Å². The first-order valence-corrected chi connectivity index (χ1v) is 7.57. The lowest BCUT2D eigenvalue weighted by Gasteiger charge is -2.22. The van der Waals surface area contributed by atoms with E-state index >= 15 is 0 Å². The molecule has 2 heterocycles.